The van der Waals surface area contributed by atoms with Crippen LogP contribution in [0.1, 0.15) is 33.6 Å². The first kappa shape index (κ1) is 9.63. The van der Waals surface area contributed by atoms with Gasteiger partial charge in [0.25, 0.3) is 0 Å². The monoisotopic (exact) mass is 144 g/mol. The zero-order valence-corrected chi connectivity index (χ0v) is 6.98. The Bertz CT molecular complexity index is 116. The summed E-state index contributed by atoms with van der Waals surface area (Å²) in [6.45, 7) is 5.79. The van der Waals surface area contributed by atoms with Crippen LogP contribution in [0.25, 0.3) is 0 Å². The number of Topliss-reactive ketones (excluding diaryl/α,β-unsaturated/α-hetero) is 1. The van der Waals surface area contributed by atoms with Crippen molar-refractivity contribution in [3.63, 3.8) is 0 Å². The minimum absolute atomic E-state index is 0.0554. The molecule has 0 aromatic carbocycles. The molecule has 0 aromatic heterocycles. The van der Waals surface area contributed by atoms with Gasteiger partial charge in [-0.1, -0.05) is 27.2 Å². The van der Waals surface area contributed by atoms with Gasteiger partial charge in [-0.05, 0) is 5.41 Å². The lowest BCUT2D eigenvalue weighted by atomic mass is 9.85. The summed E-state index contributed by atoms with van der Waals surface area (Å²) in [4.78, 5) is 10.7. The van der Waals surface area contributed by atoms with Crippen LogP contribution in [-0.2, 0) is 4.79 Å². The van der Waals surface area contributed by atoms with Crippen LogP contribution in [-0.4, -0.2) is 17.5 Å². The van der Waals surface area contributed by atoms with Crippen LogP contribution >= 0.6 is 0 Å². The SMILES string of the molecule is CCC(C)(C)CC(=O)CO. The minimum Gasteiger partial charge on any atom is -0.389 e. The molecule has 0 heterocycles. The molecule has 0 rings (SSSR count). The van der Waals surface area contributed by atoms with Crippen LogP contribution in [0.3, 0.4) is 0 Å². The van der Waals surface area contributed by atoms with Gasteiger partial charge in [0.05, 0.1) is 0 Å². The van der Waals surface area contributed by atoms with Crippen molar-refractivity contribution < 1.29 is 9.90 Å². The number of aliphatic hydroxyl groups excluding tert-OH is 1. The molecular formula is C8H16O2. The fourth-order valence-electron chi connectivity index (χ4n) is 0.715. The molecule has 1 N–H and O–H groups in total. The van der Waals surface area contributed by atoms with E-state index in [0.717, 1.165) is 6.42 Å². The third-order valence-corrected chi connectivity index (χ3v) is 1.81. The van der Waals surface area contributed by atoms with Crippen molar-refractivity contribution >= 4 is 5.78 Å². The second-order valence-corrected chi connectivity index (χ2v) is 3.39. The maximum absolute atomic E-state index is 10.7. The summed E-state index contributed by atoms with van der Waals surface area (Å²) in [5.41, 5.74) is 0.0554. The zero-order chi connectivity index (χ0) is 8.20. The number of ketones is 1. The molecule has 2 nitrogen and oxygen atoms in total. The highest BCUT2D eigenvalue weighted by molar-refractivity contribution is 5.79. The topological polar surface area (TPSA) is 37.3 Å². The first-order chi connectivity index (χ1) is 4.52. The maximum atomic E-state index is 10.7. The Morgan fingerprint density at radius 3 is 2.30 bits per heavy atom. The molecular weight excluding hydrogens is 128 g/mol. The van der Waals surface area contributed by atoms with Gasteiger partial charge in [0, 0.05) is 6.42 Å². The third kappa shape index (κ3) is 3.62. The van der Waals surface area contributed by atoms with Crippen molar-refractivity contribution in [1.82, 2.24) is 0 Å². The zero-order valence-electron chi connectivity index (χ0n) is 6.98. The fraction of sp³-hybridized carbons (Fsp3) is 0.875. The molecule has 60 valence electrons. The minimum atomic E-state index is -0.316. The van der Waals surface area contributed by atoms with Gasteiger partial charge in [-0.25, -0.2) is 0 Å². The van der Waals surface area contributed by atoms with E-state index >= 15 is 0 Å². The Kier molecular flexibility index (Phi) is 3.58. The molecule has 0 aliphatic heterocycles. The van der Waals surface area contributed by atoms with Gasteiger partial charge in [-0.15, -0.1) is 0 Å². The summed E-state index contributed by atoms with van der Waals surface area (Å²) < 4.78 is 0. The second-order valence-electron chi connectivity index (χ2n) is 3.39. The second kappa shape index (κ2) is 3.71. The van der Waals surface area contributed by atoms with Crippen molar-refractivity contribution in [2.24, 2.45) is 5.41 Å². The van der Waals surface area contributed by atoms with Crippen LogP contribution in [0, 0.1) is 5.41 Å². The largest absolute Gasteiger partial charge is 0.389 e. The summed E-state index contributed by atoms with van der Waals surface area (Å²) in [5.74, 6) is -0.0631. The summed E-state index contributed by atoms with van der Waals surface area (Å²) in [6.07, 6.45) is 1.46. The molecule has 0 aliphatic rings. The Balaban J connectivity index is 3.76. The maximum Gasteiger partial charge on any atom is 0.158 e. The van der Waals surface area contributed by atoms with Gasteiger partial charge >= 0.3 is 0 Å². The van der Waals surface area contributed by atoms with Gasteiger partial charge in [-0.3, -0.25) is 4.79 Å². The summed E-state index contributed by atoms with van der Waals surface area (Å²) in [5, 5.41) is 8.44. The summed E-state index contributed by atoms with van der Waals surface area (Å²) in [6, 6.07) is 0. The Morgan fingerprint density at radius 2 is 2.00 bits per heavy atom. The molecule has 10 heavy (non-hydrogen) atoms. The highest BCUT2D eigenvalue weighted by atomic mass is 16.3. The van der Waals surface area contributed by atoms with Crippen LogP contribution in [0.2, 0.25) is 0 Å². The van der Waals surface area contributed by atoms with Gasteiger partial charge in [0.15, 0.2) is 5.78 Å². The molecule has 0 unspecified atom stereocenters. The van der Waals surface area contributed by atoms with E-state index in [1.807, 2.05) is 20.8 Å². The summed E-state index contributed by atoms with van der Waals surface area (Å²) in [7, 11) is 0. The van der Waals surface area contributed by atoms with E-state index in [4.69, 9.17) is 5.11 Å². The molecule has 0 aliphatic carbocycles. The molecule has 0 saturated heterocycles. The lowest BCUT2D eigenvalue weighted by molar-refractivity contribution is -0.123. The van der Waals surface area contributed by atoms with E-state index in [-0.39, 0.29) is 17.8 Å². The first-order valence-corrected chi connectivity index (χ1v) is 3.64. The molecule has 0 aromatic rings. The van der Waals surface area contributed by atoms with Crippen molar-refractivity contribution in [3.05, 3.63) is 0 Å². The van der Waals surface area contributed by atoms with Gasteiger partial charge < -0.3 is 5.11 Å². The predicted molar refractivity (Wildman–Crippen MR) is 40.8 cm³/mol. The van der Waals surface area contributed by atoms with Crippen LogP contribution in [0.4, 0.5) is 0 Å². The first-order valence-electron chi connectivity index (χ1n) is 3.64. The number of hydrogen-bond donors (Lipinski definition) is 1. The molecule has 0 spiro atoms. The van der Waals surface area contributed by atoms with Crippen molar-refractivity contribution in [1.29, 1.82) is 0 Å². The molecule has 2 heteroatoms. The van der Waals surface area contributed by atoms with E-state index in [1.54, 1.807) is 0 Å². The Hall–Kier alpha value is -0.370. The molecule has 0 amide bonds. The molecule has 0 fully saturated rings. The van der Waals surface area contributed by atoms with E-state index in [9.17, 15) is 4.79 Å². The highest BCUT2D eigenvalue weighted by Gasteiger charge is 2.18. The Morgan fingerprint density at radius 1 is 1.50 bits per heavy atom. The van der Waals surface area contributed by atoms with Crippen molar-refractivity contribution in [2.75, 3.05) is 6.61 Å². The van der Waals surface area contributed by atoms with Gasteiger partial charge in [0.1, 0.15) is 6.61 Å². The molecule has 0 radical (unpaired) electrons. The highest BCUT2D eigenvalue weighted by Crippen LogP contribution is 2.24. The number of carbonyl (C=O) groups excluding carboxylic acids is 1. The van der Waals surface area contributed by atoms with E-state index in [1.165, 1.54) is 0 Å². The molecule has 0 saturated carbocycles. The smallest absolute Gasteiger partial charge is 0.158 e. The number of aliphatic hydroxyl groups is 1. The standard InChI is InChI=1S/C8H16O2/c1-4-8(2,3)5-7(10)6-9/h9H,4-6H2,1-3H3. The van der Waals surface area contributed by atoms with Crippen molar-refractivity contribution in [2.45, 2.75) is 33.6 Å². The normalized spacial score (nSPS) is 11.6. The van der Waals surface area contributed by atoms with E-state index in [0.29, 0.717) is 6.42 Å². The average Bonchev–Trinajstić information content (AvgIpc) is 1.87. The lowest BCUT2D eigenvalue weighted by Gasteiger charge is -2.20. The fourth-order valence-corrected chi connectivity index (χ4v) is 0.715. The quantitative estimate of drug-likeness (QED) is 0.647. The number of carbonyl (C=O) groups is 1. The van der Waals surface area contributed by atoms with Gasteiger partial charge in [-0.2, -0.15) is 0 Å². The van der Waals surface area contributed by atoms with Gasteiger partial charge in [0.2, 0.25) is 0 Å². The van der Waals surface area contributed by atoms with Crippen LogP contribution in [0.15, 0.2) is 0 Å². The van der Waals surface area contributed by atoms with Crippen LogP contribution < -0.4 is 0 Å². The van der Waals surface area contributed by atoms with E-state index in [2.05, 4.69) is 0 Å². The van der Waals surface area contributed by atoms with Crippen LogP contribution in [0.5, 0.6) is 0 Å². The third-order valence-electron chi connectivity index (χ3n) is 1.81. The molecule has 0 atom stereocenters. The Labute approximate surface area is 62.2 Å². The number of hydrogen-bond acceptors (Lipinski definition) is 2. The average molecular weight is 144 g/mol. The summed E-state index contributed by atoms with van der Waals surface area (Å²) >= 11 is 0. The number of rotatable bonds is 4. The van der Waals surface area contributed by atoms with E-state index < -0.39 is 0 Å². The lowest BCUT2D eigenvalue weighted by Crippen LogP contribution is -2.17. The predicted octanol–water partition coefficient (Wildman–Crippen LogP) is 1.37. The van der Waals surface area contributed by atoms with Crippen molar-refractivity contribution in [3.8, 4) is 0 Å². The molecule has 0 bridgehead atoms.